The highest BCUT2D eigenvalue weighted by atomic mass is 28.4. The Morgan fingerprint density at radius 1 is 0.515 bits per heavy atom. The number of hydrogen-bond acceptors (Lipinski definition) is 5. The van der Waals surface area contributed by atoms with Crippen LogP contribution in [0, 0.1) is 0 Å². The van der Waals surface area contributed by atoms with Crippen molar-refractivity contribution in [1.29, 1.82) is 0 Å². The molecule has 0 N–H and O–H groups in total. The Morgan fingerprint density at radius 3 is 0.818 bits per heavy atom. The fraction of sp³-hybridized carbons (Fsp3) is 0.684. The fourth-order valence-corrected chi connectivity index (χ4v) is 16.6. The number of rotatable bonds is 13. The topological polar surface area (TPSA) is 46.2 Å². The average molecular weight is 619 g/mol. The van der Waals surface area contributed by atoms with Crippen LogP contribution in [0.2, 0.25) is 85.1 Å². The van der Waals surface area contributed by atoms with Crippen LogP contribution in [-0.4, -0.2) is 82.3 Å². The lowest BCUT2D eigenvalue weighted by atomic mass is 11.3. The van der Waals surface area contributed by atoms with Gasteiger partial charge >= 0.3 is 0 Å². The van der Waals surface area contributed by atoms with E-state index in [1.54, 1.807) is 0 Å². The van der Waals surface area contributed by atoms with E-state index < -0.39 is 53.0 Å². The molecule has 14 heteroatoms. The molecule has 0 aromatic heterocycles. The van der Waals surface area contributed by atoms with Gasteiger partial charge in [-0.3, -0.25) is 0 Å². The maximum Gasteiger partial charge on any atom is 0.297 e. The zero-order valence-electron chi connectivity index (χ0n) is 24.3. The molecule has 0 bridgehead atoms. The quantitative estimate of drug-likeness (QED) is 0.297. The minimum Gasteiger partial charge on any atom is -0.460 e. The molecule has 0 atom stereocenters. The third-order valence-electron chi connectivity index (χ3n) is 2.68. The molecule has 0 amide bonds. The highest BCUT2D eigenvalue weighted by molar-refractivity contribution is 6.80. The Balaban J connectivity index is -0.000000176. The van der Waals surface area contributed by atoms with Gasteiger partial charge in [-0.05, 0) is 85.1 Å². The molecule has 0 aliphatic rings. The molecule has 0 aliphatic carbocycles. The van der Waals surface area contributed by atoms with Gasteiger partial charge in [0.1, 0.15) is 0 Å². The highest BCUT2D eigenvalue weighted by Gasteiger charge is 2.24. The molecular weight excluding hydrogens is 561 g/mol. The summed E-state index contributed by atoms with van der Waals surface area (Å²) in [6, 6.07) is 0. The smallest absolute Gasteiger partial charge is 0.297 e. The summed E-state index contributed by atoms with van der Waals surface area (Å²) in [4.78, 5) is 0. The molecule has 0 aromatic rings. The van der Waals surface area contributed by atoms with Crippen LogP contribution in [0.15, 0.2) is 36.8 Å². The number of hydrogen-bond donors (Lipinski definition) is 0. The predicted octanol–water partition coefficient (Wildman–Crippen LogP) is 3.18. The SMILES string of the molecule is C=C[SiH2]O[SiH](C)C.C=C[SiH2]O[SiH](C)C.C=C[SiH2]O[SiH](C)C.C[SiH](O[Si](C)(C)C)O[Si](C)(C)C. The van der Waals surface area contributed by atoms with E-state index in [0.717, 1.165) is 0 Å². The molecule has 0 spiro atoms. The summed E-state index contributed by atoms with van der Waals surface area (Å²) in [7, 11) is -7.04. The average Bonchev–Trinajstić information content (AvgIpc) is 2.61. The Kier molecular flexibility index (Phi) is 32.5. The lowest BCUT2D eigenvalue weighted by Gasteiger charge is -2.28. The van der Waals surface area contributed by atoms with Gasteiger partial charge in [-0.2, -0.15) is 0 Å². The highest BCUT2D eigenvalue weighted by Crippen LogP contribution is 2.10. The zero-order chi connectivity index (χ0) is 27.1. The van der Waals surface area contributed by atoms with Gasteiger partial charge in [-0.25, -0.2) is 0 Å². The van der Waals surface area contributed by atoms with Crippen molar-refractivity contribution in [1.82, 2.24) is 0 Å². The first-order valence-corrected chi connectivity index (χ1v) is 33.4. The minimum atomic E-state index is -1.36. The molecule has 0 aliphatic heterocycles. The van der Waals surface area contributed by atoms with Crippen LogP contribution >= 0.6 is 0 Å². The van der Waals surface area contributed by atoms with E-state index in [0.29, 0.717) is 0 Å². The first kappa shape index (κ1) is 41.1. The van der Waals surface area contributed by atoms with Crippen molar-refractivity contribution in [2.75, 3.05) is 0 Å². The van der Waals surface area contributed by atoms with Crippen LogP contribution in [0.3, 0.4) is 0 Å². The molecule has 0 aromatic carbocycles. The summed E-state index contributed by atoms with van der Waals surface area (Å²) in [5, 5.41) is 0. The first-order chi connectivity index (χ1) is 14.9. The van der Waals surface area contributed by atoms with Crippen molar-refractivity contribution in [2.45, 2.75) is 85.1 Å². The van der Waals surface area contributed by atoms with Gasteiger partial charge in [-0.15, -0.1) is 19.7 Å². The van der Waals surface area contributed by atoms with Crippen molar-refractivity contribution >= 4 is 82.3 Å². The monoisotopic (exact) mass is 618 g/mol. The molecule has 0 saturated heterocycles. The molecule has 0 saturated carbocycles. The van der Waals surface area contributed by atoms with Gasteiger partial charge in [0.15, 0.2) is 73.0 Å². The van der Waals surface area contributed by atoms with Crippen molar-refractivity contribution in [2.24, 2.45) is 0 Å². The van der Waals surface area contributed by atoms with Gasteiger partial charge in [0, 0.05) is 0 Å². The van der Waals surface area contributed by atoms with Gasteiger partial charge in [0.2, 0.25) is 0 Å². The van der Waals surface area contributed by atoms with E-state index in [4.69, 9.17) is 20.6 Å². The summed E-state index contributed by atoms with van der Waals surface area (Å²) in [6.07, 6.45) is 0. The molecule has 0 unspecified atom stereocenters. The zero-order valence-corrected chi connectivity index (χ0v) is 35.2. The summed E-state index contributed by atoms with van der Waals surface area (Å²) < 4.78 is 27.9. The van der Waals surface area contributed by atoms with Gasteiger partial charge in [-0.1, -0.05) is 17.1 Å². The molecule has 33 heavy (non-hydrogen) atoms. The van der Waals surface area contributed by atoms with Gasteiger partial charge in [0.25, 0.3) is 9.28 Å². The fourth-order valence-electron chi connectivity index (χ4n) is 1.80. The van der Waals surface area contributed by atoms with Crippen LogP contribution in [0.25, 0.3) is 0 Å². The van der Waals surface area contributed by atoms with Crippen molar-refractivity contribution in [3.63, 3.8) is 0 Å². The molecule has 0 radical (unpaired) electrons. The molecular formula is C19H58O5Si9. The minimum absolute atomic E-state index is 0.300. The Morgan fingerprint density at radius 2 is 0.727 bits per heavy atom. The van der Waals surface area contributed by atoms with Crippen LogP contribution in [0.1, 0.15) is 0 Å². The normalized spacial score (nSPS) is 12.3. The van der Waals surface area contributed by atoms with E-state index >= 15 is 0 Å². The van der Waals surface area contributed by atoms with Crippen molar-refractivity contribution in [3.05, 3.63) is 36.8 Å². The molecule has 0 fully saturated rings. The molecule has 5 nitrogen and oxygen atoms in total. The second kappa shape index (κ2) is 26.0. The summed E-state index contributed by atoms with van der Waals surface area (Å²) in [6.45, 7) is 39.2. The van der Waals surface area contributed by atoms with Crippen molar-refractivity contribution < 1.29 is 20.6 Å². The second-order valence-electron chi connectivity index (χ2n) is 10.0. The Labute approximate surface area is 223 Å². The molecule has 0 heterocycles. The Hall–Kier alpha value is 0.972. The van der Waals surface area contributed by atoms with E-state index in [1.165, 1.54) is 0 Å². The van der Waals surface area contributed by atoms with Crippen LogP contribution in [0.5, 0.6) is 0 Å². The molecule has 0 rings (SSSR count). The maximum atomic E-state index is 5.90. The van der Waals surface area contributed by atoms with E-state index in [1.807, 2.05) is 17.1 Å². The predicted molar refractivity (Wildman–Crippen MR) is 178 cm³/mol. The van der Waals surface area contributed by atoms with E-state index in [-0.39, 0.29) is 29.3 Å². The van der Waals surface area contributed by atoms with E-state index in [9.17, 15) is 0 Å². The van der Waals surface area contributed by atoms with E-state index in [2.05, 4.69) is 105 Å². The lowest BCUT2D eigenvalue weighted by molar-refractivity contribution is 0.428. The summed E-state index contributed by atoms with van der Waals surface area (Å²) in [5.41, 5.74) is 5.77. The van der Waals surface area contributed by atoms with Crippen LogP contribution in [0.4, 0.5) is 0 Å². The summed E-state index contributed by atoms with van der Waals surface area (Å²) >= 11 is 0. The van der Waals surface area contributed by atoms with Crippen LogP contribution in [-0.2, 0) is 20.6 Å². The lowest BCUT2D eigenvalue weighted by Crippen LogP contribution is -2.41. The molecule has 200 valence electrons. The van der Waals surface area contributed by atoms with Crippen molar-refractivity contribution in [3.8, 4) is 0 Å². The maximum absolute atomic E-state index is 5.90. The standard InChI is InChI=1S/C7H22O2Si3.3C4H12OSi2/c1-10(8-11(2,3)4)9-12(5,6)7;3*1-4-6-5-7(2)3/h10H,1-7H3;3*4,7H,1,6H2,2-3H3. The van der Waals surface area contributed by atoms with Gasteiger partial charge in [0.05, 0.1) is 0 Å². The van der Waals surface area contributed by atoms with Gasteiger partial charge < -0.3 is 20.6 Å². The first-order valence-electron chi connectivity index (χ1n) is 11.9. The summed E-state index contributed by atoms with van der Waals surface area (Å²) in [5.74, 6) is 0. The third kappa shape index (κ3) is 59.9. The third-order valence-corrected chi connectivity index (χ3v) is 22.0. The van der Waals surface area contributed by atoms with Crippen LogP contribution < -0.4 is 0 Å². The largest absolute Gasteiger partial charge is 0.460 e. The Bertz CT molecular complexity index is 400. The second-order valence-corrected chi connectivity index (χ2v) is 34.5.